The molecule has 224 valence electrons. The number of ether oxygens (including phenoxy) is 1. The summed E-state index contributed by atoms with van der Waals surface area (Å²) < 4.78 is 94.0. The van der Waals surface area contributed by atoms with Gasteiger partial charge < -0.3 is 4.74 Å². The van der Waals surface area contributed by atoms with Gasteiger partial charge in [0.05, 0.1) is 6.61 Å². The maximum atomic E-state index is 15.0. The Bertz CT molecular complexity index is 1460. The minimum absolute atomic E-state index is 0.146. The van der Waals surface area contributed by atoms with Crippen LogP contribution in [0.5, 0.6) is 5.75 Å². The van der Waals surface area contributed by atoms with Crippen LogP contribution in [0.15, 0.2) is 54.6 Å². The molecule has 42 heavy (non-hydrogen) atoms. The molecule has 4 rings (SSSR count). The Labute approximate surface area is 243 Å². The first-order chi connectivity index (χ1) is 20.3. The third-order valence-electron chi connectivity index (χ3n) is 7.92. The molecule has 1 aliphatic rings. The number of halogens is 6. The predicted molar refractivity (Wildman–Crippen MR) is 155 cm³/mol. The summed E-state index contributed by atoms with van der Waals surface area (Å²) in [5, 5.41) is 0. The summed E-state index contributed by atoms with van der Waals surface area (Å²) in [6.07, 6.45) is 10.9. The van der Waals surface area contributed by atoms with Crippen molar-refractivity contribution in [2.75, 3.05) is 6.61 Å². The Kier molecular flexibility index (Phi) is 10.9. The van der Waals surface area contributed by atoms with E-state index in [0.717, 1.165) is 12.0 Å². The molecule has 0 radical (unpaired) electrons. The lowest BCUT2D eigenvalue weighted by Gasteiger charge is -2.23. The number of unbranched alkanes of at least 4 members (excludes halogenated alkanes) is 1. The summed E-state index contributed by atoms with van der Waals surface area (Å²) in [4.78, 5) is 0. The molecule has 0 aliphatic heterocycles. The van der Waals surface area contributed by atoms with E-state index in [2.05, 4.69) is 0 Å². The van der Waals surface area contributed by atoms with E-state index >= 15 is 8.78 Å². The highest BCUT2D eigenvalue weighted by atomic mass is 19.2. The minimum atomic E-state index is -1.29. The zero-order valence-electron chi connectivity index (χ0n) is 24.0. The van der Waals surface area contributed by atoms with Gasteiger partial charge in [0.1, 0.15) is 0 Å². The van der Waals surface area contributed by atoms with Crippen LogP contribution >= 0.6 is 0 Å². The van der Waals surface area contributed by atoms with Crippen molar-refractivity contribution >= 4 is 5.57 Å². The van der Waals surface area contributed by atoms with E-state index in [0.29, 0.717) is 50.5 Å². The summed E-state index contributed by atoms with van der Waals surface area (Å²) in [7, 11) is 0. The molecule has 0 fully saturated rings. The molecule has 3 aromatic rings. The summed E-state index contributed by atoms with van der Waals surface area (Å²) in [6.45, 7) is 4.04. The number of hydrogen-bond acceptors (Lipinski definition) is 1. The van der Waals surface area contributed by atoms with E-state index in [1.54, 1.807) is 12.1 Å². The van der Waals surface area contributed by atoms with Crippen LogP contribution in [0.2, 0.25) is 0 Å². The van der Waals surface area contributed by atoms with Crippen LogP contribution in [-0.4, -0.2) is 6.61 Å². The first kappa shape index (κ1) is 31.5. The standard InChI is InChI=1S/C35H36F6O/c1-3-5-7-8-24-15-17-26(32(38)30(24)36)23-12-9-22(10-13-23)11-14-25-16-18-27(33(39)31(25)37)28-19-20-29(35(41)34(28)40)42-21-6-4-2/h3,5,12,15-20,22H,4,6-11,13-14,21H2,1-2H3. The number of rotatable bonds is 12. The molecule has 0 saturated carbocycles. The Hall–Kier alpha value is -3.48. The van der Waals surface area contributed by atoms with Gasteiger partial charge in [-0.05, 0) is 93.0 Å². The fourth-order valence-electron chi connectivity index (χ4n) is 5.36. The molecule has 1 unspecified atom stereocenters. The maximum Gasteiger partial charge on any atom is 0.201 e. The van der Waals surface area contributed by atoms with Gasteiger partial charge in [-0.15, -0.1) is 0 Å². The number of allylic oxidation sites excluding steroid dienone is 4. The number of aryl methyl sites for hydroxylation is 2. The molecule has 3 aromatic carbocycles. The molecule has 0 N–H and O–H groups in total. The van der Waals surface area contributed by atoms with Gasteiger partial charge in [0.25, 0.3) is 0 Å². The minimum Gasteiger partial charge on any atom is -0.490 e. The van der Waals surface area contributed by atoms with Crippen molar-refractivity contribution in [3.05, 3.63) is 106 Å². The van der Waals surface area contributed by atoms with Crippen LogP contribution in [0.25, 0.3) is 16.7 Å². The van der Waals surface area contributed by atoms with E-state index in [1.165, 1.54) is 24.3 Å². The van der Waals surface area contributed by atoms with Crippen LogP contribution in [0, 0.1) is 40.8 Å². The summed E-state index contributed by atoms with van der Waals surface area (Å²) in [5.41, 5.74) is 0.782. The SMILES string of the molecule is CC=CCCc1ccc(C2=CCC(CCc3ccc(-c4ccc(OCCCC)c(F)c4F)c(F)c3F)CC2)c(F)c1F. The Balaban J connectivity index is 1.40. The van der Waals surface area contributed by atoms with Gasteiger partial charge in [0, 0.05) is 16.7 Å². The molecule has 7 heteroatoms. The maximum absolute atomic E-state index is 15.0. The molecule has 1 atom stereocenters. The summed E-state index contributed by atoms with van der Waals surface area (Å²) >= 11 is 0. The van der Waals surface area contributed by atoms with Crippen molar-refractivity contribution in [1.29, 1.82) is 0 Å². The predicted octanol–water partition coefficient (Wildman–Crippen LogP) is 10.7. The van der Waals surface area contributed by atoms with E-state index in [1.807, 2.05) is 32.1 Å². The van der Waals surface area contributed by atoms with Crippen LogP contribution in [-0.2, 0) is 12.8 Å². The highest BCUT2D eigenvalue weighted by molar-refractivity contribution is 5.68. The highest BCUT2D eigenvalue weighted by Crippen LogP contribution is 2.36. The zero-order valence-corrected chi connectivity index (χ0v) is 24.0. The molecule has 0 amide bonds. The van der Waals surface area contributed by atoms with Crippen molar-refractivity contribution in [2.45, 2.75) is 71.6 Å². The Morgan fingerprint density at radius 3 is 2.02 bits per heavy atom. The molecule has 0 aromatic heterocycles. The van der Waals surface area contributed by atoms with Crippen molar-refractivity contribution in [2.24, 2.45) is 5.92 Å². The molecule has 0 bridgehead atoms. The van der Waals surface area contributed by atoms with Crippen LogP contribution in [0.3, 0.4) is 0 Å². The fraction of sp³-hybridized carbons (Fsp3) is 0.371. The average Bonchev–Trinajstić information content (AvgIpc) is 2.99. The third-order valence-corrected chi connectivity index (χ3v) is 7.92. The number of benzene rings is 3. The number of hydrogen-bond donors (Lipinski definition) is 0. The Morgan fingerprint density at radius 2 is 1.38 bits per heavy atom. The van der Waals surface area contributed by atoms with E-state index in [4.69, 9.17) is 4.74 Å². The zero-order chi connectivity index (χ0) is 30.2. The lowest BCUT2D eigenvalue weighted by atomic mass is 9.83. The summed E-state index contributed by atoms with van der Waals surface area (Å²) in [5.74, 6) is -6.59. The van der Waals surface area contributed by atoms with Gasteiger partial charge in [0.15, 0.2) is 34.8 Å². The highest BCUT2D eigenvalue weighted by Gasteiger charge is 2.23. The second kappa shape index (κ2) is 14.6. The molecular weight excluding hydrogens is 550 g/mol. The molecule has 1 aliphatic carbocycles. The molecule has 0 spiro atoms. The van der Waals surface area contributed by atoms with Crippen molar-refractivity contribution < 1.29 is 31.1 Å². The van der Waals surface area contributed by atoms with Gasteiger partial charge in [0.2, 0.25) is 5.82 Å². The van der Waals surface area contributed by atoms with E-state index in [-0.39, 0.29) is 46.9 Å². The van der Waals surface area contributed by atoms with E-state index in [9.17, 15) is 17.6 Å². The van der Waals surface area contributed by atoms with Crippen LogP contribution < -0.4 is 4.74 Å². The molecule has 0 saturated heterocycles. The Morgan fingerprint density at radius 1 is 0.762 bits per heavy atom. The van der Waals surface area contributed by atoms with E-state index < -0.39 is 34.9 Å². The van der Waals surface area contributed by atoms with Crippen LogP contribution in [0.4, 0.5) is 26.3 Å². The largest absolute Gasteiger partial charge is 0.490 e. The van der Waals surface area contributed by atoms with Crippen molar-refractivity contribution in [3.63, 3.8) is 0 Å². The van der Waals surface area contributed by atoms with Gasteiger partial charge in [-0.3, -0.25) is 0 Å². The second-order valence-corrected chi connectivity index (χ2v) is 10.8. The lowest BCUT2D eigenvalue weighted by Crippen LogP contribution is -2.09. The lowest BCUT2D eigenvalue weighted by molar-refractivity contribution is 0.289. The fourth-order valence-corrected chi connectivity index (χ4v) is 5.36. The molecule has 0 heterocycles. The first-order valence-corrected chi connectivity index (χ1v) is 14.6. The average molecular weight is 587 g/mol. The van der Waals surface area contributed by atoms with Gasteiger partial charge in [-0.1, -0.05) is 55.8 Å². The molecular formula is C35H36F6O. The van der Waals surface area contributed by atoms with Gasteiger partial charge in [-0.25, -0.2) is 22.0 Å². The smallest absolute Gasteiger partial charge is 0.201 e. The van der Waals surface area contributed by atoms with Crippen molar-refractivity contribution in [1.82, 2.24) is 0 Å². The third kappa shape index (κ3) is 7.11. The van der Waals surface area contributed by atoms with Gasteiger partial charge >= 0.3 is 0 Å². The van der Waals surface area contributed by atoms with Crippen LogP contribution in [0.1, 0.15) is 75.5 Å². The molecule has 1 nitrogen and oxygen atoms in total. The quantitative estimate of drug-likeness (QED) is 0.117. The monoisotopic (exact) mass is 586 g/mol. The normalized spacial score (nSPS) is 15.3. The van der Waals surface area contributed by atoms with Crippen molar-refractivity contribution in [3.8, 4) is 16.9 Å². The second-order valence-electron chi connectivity index (χ2n) is 10.8. The summed E-state index contributed by atoms with van der Waals surface area (Å²) in [6, 6.07) is 8.35. The first-order valence-electron chi connectivity index (χ1n) is 14.6. The topological polar surface area (TPSA) is 9.23 Å². The van der Waals surface area contributed by atoms with Gasteiger partial charge in [-0.2, -0.15) is 4.39 Å².